The fraction of sp³-hybridized carbons (Fsp3) is 0.381. The van der Waals surface area contributed by atoms with Crippen molar-refractivity contribution in [3.05, 3.63) is 64.9 Å². The second-order valence-corrected chi connectivity index (χ2v) is 7.51. The largest absolute Gasteiger partial charge is 0.343 e. The van der Waals surface area contributed by atoms with Crippen molar-refractivity contribution in [2.24, 2.45) is 0 Å². The van der Waals surface area contributed by atoms with Crippen LogP contribution in [0, 0.1) is 12.7 Å². The third-order valence-corrected chi connectivity index (χ3v) is 5.81. The second-order valence-electron chi connectivity index (χ2n) is 7.51. The maximum absolute atomic E-state index is 13.4. The number of fused-ring (bicyclic) bond motifs is 6. The SMILES string of the molecule is Cc1ccc2c(c1)c1c(n2CCc2cncc(F)c2)CN2CCC1C2. The van der Waals surface area contributed by atoms with Crippen LogP contribution in [0.25, 0.3) is 10.9 Å². The molecule has 25 heavy (non-hydrogen) atoms. The Morgan fingerprint density at radius 1 is 1.24 bits per heavy atom. The molecule has 0 saturated carbocycles. The van der Waals surface area contributed by atoms with Crippen molar-refractivity contribution in [1.82, 2.24) is 14.5 Å². The highest BCUT2D eigenvalue weighted by molar-refractivity contribution is 5.87. The Labute approximate surface area is 147 Å². The molecule has 0 radical (unpaired) electrons. The molecular weight excluding hydrogens is 313 g/mol. The zero-order valence-electron chi connectivity index (χ0n) is 14.5. The Balaban J connectivity index is 1.59. The highest BCUT2D eigenvalue weighted by Gasteiger charge is 2.35. The Bertz CT molecular complexity index is 959. The summed E-state index contributed by atoms with van der Waals surface area (Å²) in [7, 11) is 0. The van der Waals surface area contributed by atoms with Gasteiger partial charge in [-0.3, -0.25) is 9.88 Å². The molecule has 128 valence electrons. The van der Waals surface area contributed by atoms with Gasteiger partial charge in [-0.1, -0.05) is 11.6 Å². The van der Waals surface area contributed by atoms with Gasteiger partial charge in [0.25, 0.3) is 0 Å². The molecule has 4 heterocycles. The number of rotatable bonds is 3. The fourth-order valence-corrected chi connectivity index (χ4v) is 4.69. The van der Waals surface area contributed by atoms with Crippen LogP contribution in [0.15, 0.2) is 36.7 Å². The first-order valence-corrected chi connectivity index (χ1v) is 9.12. The second kappa shape index (κ2) is 5.67. The van der Waals surface area contributed by atoms with E-state index in [0.717, 1.165) is 25.1 Å². The minimum absolute atomic E-state index is 0.253. The molecule has 2 aliphatic rings. The number of benzene rings is 1. The molecule has 3 aromatic rings. The first-order valence-electron chi connectivity index (χ1n) is 9.12. The van der Waals surface area contributed by atoms with E-state index in [4.69, 9.17) is 0 Å². The molecule has 0 N–H and O–H groups in total. The molecule has 1 aromatic carbocycles. The van der Waals surface area contributed by atoms with Crippen LogP contribution in [-0.2, 0) is 19.5 Å². The number of pyridine rings is 1. The standard InChI is InChI=1S/C21H22FN3/c1-14-2-3-19-18(8-14)21-16-5-6-24(12-16)13-20(21)25(19)7-4-15-9-17(22)11-23-10-15/h2-3,8-11,16H,4-7,12-13H2,1H3. The lowest BCUT2D eigenvalue weighted by molar-refractivity contribution is 0.304. The van der Waals surface area contributed by atoms with E-state index in [1.807, 2.05) is 0 Å². The van der Waals surface area contributed by atoms with Crippen molar-refractivity contribution in [2.45, 2.75) is 38.8 Å². The Morgan fingerprint density at radius 2 is 2.16 bits per heavy atom. The first-order chi connectivity index (χ1) is 12.2. The molecule has 0 spiro atoms. The summed E-state index contributed by atoms with van der Waals surface area (Å²) in [5.41, 5.74) is 6.65. The van der Waals surface area contributed by atoms with Gasteiger partial charge in [-0.25, -0.2) is 4.39 Å². The molecule has 2 unspecified atom stereocenters. The van der Waals surface area contributed by atoms with Crippen molar-refractivity contribution in [3.8, 4) is 0 Å². The van der Waals surface area contributed by atoms with Crippen molar-refractivity contribution < 1.29 is 4.39 Å². The van der Waals surface area contributed by atoms with E-state index in [2.05, 4.69) is 39.6 Å². The molecular formula is C21H22FN3. The molecule has 2 bridgehead atoms. The molecule has 4 heteroatoms. The molecule has 5 rings (SSSR count). The number of nitrogens with zero attached hydrogens (tertiary/aromatic N) is 3. The third-order valence-electron chi connectivity index (χ3n) is 5.81. The van der Waals surface area contributed by atoms with E-state index < -0.39 is 0 Å². The van der Waals surface area contributed by atoms with Crippen LogP contribution in [0.1, 0.15) is 34.7 Å². The number of hydrogen-bond donors (Lipinski definition) is 0. The summed E-state index contributed by atoms with van der Waals surface area (Å²) in [6, 6.07) is 8.41. The zero-order valence-corrected chi connectivity index (χ0v) is 14.5. The summed E-state index contributed by atoms with van der Waals surface area (Å²) in [5, 5.41) is 1.43. The first kappa shape index (κ1) is 15.1. The average Bonchev–Trinajstić information content (AvgIpc) is 3.12. The number of hydrogen-bond acceptors (Lipinski definition) is 2. The molecule has 2 aromatic heterocycles. The third kappa shape index (κ3) is 2.47. The lowest BCUT2D eigenvalue weighted by Crippen LogP contribution is -2.26. The van der Waals surface area contributed by atoms with Crippen LogP contribution in [0.3, 0.4) is 0 Å². The average molecular weight is 335 g/mol. The Morgan fingerprint density at radius 3 is 3.04 bits per heavy atom. The number of aryl methyl sites for hydroxylation is 3. The van der Waals surface area contributed by atoms with Crippen LogP contribution in [-0.4, -0.2) is 27.5 Å². The van der Waals surface area contributed by atoms with Crippen LogP contribution < -0.4 is 0 Å². The summed E-state index contributed by atoms with van der Waals surface area (Å²) >= 11 is 0. The maximum Gasteiger partial charge on any atom is 0.141 e. The Hall–Kier alpha value is -2.20. The minimum atomic E-state index is -0.253. The van der Waals surface area contributed by atoms with E-state index >= 15 is 0 Å². The van der Waals surface area contributed by atoms with E-state index in [1.165, 1.54) is 47.9 Å². The van der Waals surface area contributed by atoms with Gasteiger partial charge in [-0.05, 0) is 55.6 Å². The van der Waals surface area contributed by atoms with Crippen molar-refractivity contribution in [3.63, 3.8) is 0 Å². The smallest absolute Gasteiger partial charge is 0.141 e. The van der Waals surface area contributed by atoms with Gasteiger partial charge in [0.1, 0.15) is 5.82 Å². The lowest BCUT2D eigenvalue weighted by atomic mass is 9.93. The van der Waals surface area contributed by atoms with Gasteiger partial charge in [0.15, 0.2) is 0 Å². The predicted octanol–water partition coefficient (Wildman–Crippen LogP) is 4.03. The quantitative estimate of drug-likeness (QED) is 0.720. The molecule has 2 aliphatic heterocycles. The molecule has 0 amide bonds. The van der Waals surface area contributed by atoms with Gasteiger partial charge in [0.05, 0.1) is 6.20 Å². The van der Waals surface area contributed by atoms with E-state index in [9.17, 15) is 4.39 Å². The Kier molecular flexibility index (Phi) is 3.42. The van der Waals surface area contributed by atoms with Crippen molar-refractivity contribution >= 4 is 10.9 Å². The van der Waals surface area contributed by atoms with Crippen LogP contribution in [0.2, 0.25) is 0 Å². The number of halogens is 1. The molecule has 1 saturated heterocycles. The summed E-state index contributed by atoms with van der Waals surface area (Å²) in [6.07, 6.45) is 5.12. The molecule has 0 aliphatic carbocycles. The van der Waals surface area contributed by atoms with E-state index in [-0.39, 0.29) is 5.82 Å². The summed E-state index contributed by atoms with van der Waals surface area (Å²) in [6.45, 7) is 6.50. The summed E-state index contributed by atoms with van der Waals surface area (Å²) in [5.74, 6) is 0.418. The highest BCUT2D eigenvalue weighted by Crippen LogP contribution is 2.42. The maximum atomic E-state index is 13.4. The van der Waals surface area contributed by atoms with Crippen LogP contribution in [0.4, 0.5) is 4.39 Å². The van der Waals surface area contributed by atoms with Gasteiger partial charge in [-0.2, -0.15) is 0 Å². The predicted molar refractivity (Wildman–Crippen MR) is 97.2 cm³/mol. The monoisotopic (exact) mass is 335 g/mol. The minimum Gasteiger partial charge on any atom is -0.343 e. The van der Waals surface area contributed by atoms with Crippen molar-refractivity contribution in [1.29, 1.82) is 0 Å². The van der Waals surface area contributed by atoms with Gasteiger partial charge in [-0.15, -0.1) is 0 Å². The molecule has 3 nitrogen and oxygen atoms in total. The summed E-state index contributed by atoms with van der Waals surface area (Å²) in [4.78, 5) is 6.56. The fourth-order valence-electron chi connectivity index (χ4n) is 4.69. The van der Waals surface area contributed by atoms with E-state index in [1.54, 1.807) is 17.8 Å². The highest BCUT2D eigenvalue weighted by atomic mass is 19.1. The van der Waals surface area contributed by atoms with Crippen molar-refractivity contribution in [2.75, 3.05) is 13.1 Å². The van der Waals surface area contributed by atoms with E-state index in [0.29, 0.717) is 5.92 Å². The van der Waals surface area contributed by atoms with Gasteiger partial charge in [0, 0.05) is 48.3 Å². The van der Waals surface area contributed by atoms with Gasteiger partial charge < -0.3 is 4.57 Å². The normalized spacial score (nSPS) is 21.7. The molecule has 2 atom stereocenters. The lowest BCUT2D eigenvalue weighted by Gasteiger charge is -2.25. The van der Waals surface area contributed by atoms with Crippen LogP contribution in [0.5, 0.6) is 0 Å². The van der Waals surface area contributed by atoms with Gasteiger partial charge in [0.2, 0.25) is 0 Å². The summed E-state index contributed by atoms with van der Waals surface area (Å²) < 4.78 is 15.9. The molecule has 1 fully saturated rings. The van der Waals surface area contributed by atoms with Gasteiger partial charge >= 0.3 is 0 Å². The van der Waals surface area contributed by atoms with Crippen LogP contribution >= 0.6 is 0 Å². The number of aromatic nitrogens is 2. The topological polar surface area (TPSA) is 21.1 Å². The zero-order chi connectivity index (χ0) is 17.0.